The number of nitrogens with zero attached hydrogens (tertiary/aromatic N) is 1. The molecule has 1 unspecified atom stereocenters. The number of phenols is 2. The first kappa shape index (κ1) is 12.2. The third kappa shape index (κ3) is 3.11. The van der Waals surface area contributed by atoms with E-state index in [4.69, 9.17) is 0 Å². The van der Waals surface area contributed by atoms with Crippen LogP contribution >= 0.6 is 0 Å². The molecule has 0 spiro atoms. The summed E-state index contributed by atoms with van der Waals surface area (Å²) in [6, 6.07) is 4.63. The van der Waals surface area contributed by atoms with Gasteiger partial charge in [-0.1, -0.05) is 6.42 Å². The molecule has 4 heteroatoms. The van der Waals surface area contributed by atoms with Crippen molar-refractivity contribution < 1.29 is 10.2 Å². The number of hydrogen-bond donors (Lipinski definition) is 3. The van der Waals surface area contributed by atoms with Crippen LogP contribution < -0.4 is 5.43 Å². The molecule has 1 aliphatic rings. The van der Waals surface area contributed by atoms with E-state index in [1.54, 1.807) is 6.07 Å². The Labute approximate surface area is 102 Å². The Bertz CT molecular complexity index is 376. The van der Waals surface area contributed by atoms with Crippen molar-refractivity contribution in [3.63, 3.8) is 0 Å². The summed E-state index contributed by atoms with van der Waals surface area (Å²) in [5.41, 5.74) is 4.10. The minimum absolute atomic E-state index is 0.000185. The topological polar surface area (TPSA) is 55.7 Å². The molecule has 1 heterocycles. The first-order valence-electron chi connectivity index (χ1n) is 6.20. The second-order valence-electron chi connectivity index (χ2n) is 4.64. The maximum atomic E-state index is 9.77. The molecule has 1 saturated heterocycles. The lowest BCUT2D eigenvalue weighted by Gasteiger charge is -2.30. The average Bonchev–Trinajstić information content (AvgIpc) is 2.33. The Kier molecular flexibility index (Phi) is 3.86. The van der Waals surface area contributed by atoms with E-state index in [9.17, 15) is 10.2 Å². The summed E-state index contributed by atoms with van der Waals surface area (Å²) in [6.07, 6.45) is 3.72. The highest BCUT2D eigenvalue weighted by molar-refractivity contribution is 5.40. The maximum Gasteiger partial charge on any atom is 0.120 e. The van der Waals surface area contributed by atoms with Crippen molar-refractivity contribution in [3.05, 3.63) is 23.8 Å². The van der Waals surface area contributed by atoms with E-state index >= 15 is 0 Å². The molecule has 0 amide bonds. The molecule has 4 nitrogen and oxygen atoms in total. The standard InChI is InChI=1S/C13H20N2O2/c1-10(14-15-7-3-2-4-8-15)12-9-11(16)5-6-13(12)17/h5-6,9-10,14,16-17H,2-4,7-8H2,1H3. The quantitative estimate of drug-likeness (QED) is 0.704. The lowest BCUT2D eigenvalue weighted by Crippen LogP contribution is -2.42. The third-order valence-corrected chi connectivity index (χ3v) is 3.21. The lowest BCUT2D eigenvalue weighted by molar-refractivity contribution is 0.132. The number of phenolic OH excluding ortho intramolecular Hbond substituents is 2. The van der Waals surface area contributed by atoms with Crippen LogP contribution in [-0.4, -0.2) is 28.3 Å². The number of piperidine rings is 1. The molecule has 0 bridgehead atoms. The maximum absolute atomic E-state index is 9.77. The summed E-state index contributed by atoms with van der Waals surface area (Å²) >= 11 is 0. The van der Waals surface area contributed by atoms with Gasteiger partial charge in [-0.2, -0.15) is 0 Å². The fourth-order valence-electron chi connectivity index (χ4n) is 2.26. The summed E-state index contributed by atoms with van der Waals surface area (Å²) in [5.74, 6) is 0.407. The van der Waals surface area contributed by atoms with Gasteiger partial charge in [0, 0.05) is 24.7 Å². The Balaban J connectivity index is 2.02. The number of rotatable bonds is 3. The largest absolute Gasteiger partial charge is 0.508 e. The zero-order valence-corrected chi connectivity index (χ0v) is 10.2. The van der Waals surface area contributed by atoms with Crippen molar-refractivity contribution in [3.8, 4) is 11.5 Å². The fraction of sp³-hybridized carbons (Fsp3) is 0.538. The van der Waals surface area contributed by atoms with Crippen LogP contribution in [0.1, 0.15) is 37.8 Å². The molecular formula is C13H20N2O2. The Morgan fingerprint density at radius 3 is 2.59 bits per heavy atom. The highest BCUT2D eigenvalue weighted by Crippen LogP contribution is 2.28. The second kappa shape index (κ2) is 5.38. The van der Waals surface area contributed by atoms with Crippen molar-refractivity contribution in [2.45, 2.75) is 32.2 Å². The minimum atomic E-state index is 0.000185. The van der Waals surface area contributed by atoms with E-state index in [2.05, 4.69) is 10.4 Å². The highest BCUT2D eigenvalue weighted by atomic mass is 16.3. The van der Waals surface area contributed by atoms with Crippen LogP contribution in [0.5, 0.6) is 11.5 Å². The van der Waals surface area contributed by atoms with Gasteiger partial charge < -0.3 is 10.2 Å². The molecule has 3 N–H and O–H groups in total. The second-order valence-corrected chi connectivity index (χ2v) is 4.64. The van der Waals surface area contributed by atoms with Gasteiger partial charge in [0.25, 0.3) is 0 Å². The van der Waals surface area contributed by atoms with Crippen molar-refractivity contribution >= 4 is 0 Å². The van der Waals surface area contributed by atoms with Gasteiger partial charge >= 0.3 is 0 Å². The molecule has 0 aromatic heterocycles. The fourth-order valence-corrected chi connectivity index (χ4v) is 2.26. The van der Waals surface area contributed by atoms with Gasteiger partial charge in [0.1, 0.15) is 11.5 Å². The summed E-state index contributed by atoms with van der Waals surface area (Å²) in [4.78, 5) is 0. The summed E-state index contributed by atoms with van der Waals surface area (Å²) in [6.45, 7) is 4.08. The van der Waals surface area contributed by atoms with Gasteiger partial charge in [-0.3, -0.25) is 0 Å². The zero-order chi connectivity index (χ0) is 12.3. The van der Waals surface area contributed by atoms with E-state index in [1.807, 2.05) is 6.92 Å². The van der Waals surface area contributed by atoms with Gasteiger partial charge in [0.05, 0.1) is 0 Å². The molecule has 1 fully saturated rings. The Hall–Kier alpha value is -1.26. The van der Waals surface area contributed by atoms with Crippen LogP contribution in [0.15, 0.2) is 18.2 Å². The van der Waals surface area contributed by atoms with Crippen LogP contribution in [0.25, 0.3) is 0 Å². The molecule has 94 valence electrons. The first-order valence-corrected chi connectivity index (χ1v) is 6.20. The van der Waals surface area contributed by atoms with Gasteiger partial charge in [-0.05, 0) is 38.0 Å². The monoisotopic (exact) mass is 236 g/mol. The smallest absolute Gasteiger partial charge is 0.120 e. The predicted molar refractivity (Wildman–Crippen MR) is 66.7 cm³/mol. The molecule has 0 aliphatic carbocycles. The molecule has 1 aromatic carbocycles. The number of nitrogens with one attached hydrogen (secondary N) is 1. The van der Waals surface area contributed by atoms with Crippen molar-refractivity contribution in [2.24, 2.45) is 0 Å². The number of benzene rings is 1. The van der Waals surface area contributed by atoms with E-state index < -0.39 is 0 Å². The van der Waals surface area contributed by atoms with E-state index in [1.165, 1.54) is 31.4 Å². The molecule has 0 radical (unpaired) electrons. The number of hydrogen-bond acceptors (Lipinski definition) is 4. The van der Waals surface area contributed by atoms with Crippen LogP contribution in [0, 0.1) is 0 Å². The van der Waals surface area contributed by atoms with Gasteiger partial charge in [0.2, 0.25) is 0 Å². The highest BCUT2D eigenvalue weighted by Gasteiger charge is 2.16. The Morgan fingerprint density at radius 2 is 1.88 bits per heavy atom. The summed E-state index contributed by atoms with van der Waals surface area (Å²) in [7, 11) is 0. The van der Waals surface area contributed by atoms with Crippen LogP contribution in [0.4, 0.5) is 0 Å². The molecule has 1 aromatic rings. The van der Waals surface area contributed by atoms with Crippen LogP contribution in [0.3, 0.4) is 0 Å². The normalized spacial score (nSPS) is 19.1. The zero-order valence-electron chi connectivity index (χ0n) is 10.2. The van der Waals surface area contributed by atoms with Gasteiger partial charge in [0.15, 0.2) is 0 Å². The summed E-state index contributed by atoms with van der Waals surface area (Å²) in [5, 5.41) is 21.4. The SMILES string of the molecule is CC(NN1CCCCC1)c1cc(O)ccc1O. The van der Waals surface area contributed by atoms with Crippen LogP contribution in [-0.2, 0) is 0 Å². The van der Waals surface area contributed by atoms with E-state index in [0.717, 1.165) is 18.7 Å². The molecular weight excluding hydrogens is 216 g/mol. The van der Waals surface area contributed by atoms with Crippen molar-refractivity contribution in [1.29, 1.82) is 0 Å². The number of hydrazine groups is 1. The van der Waals surface area contributed by atoms with Crippen LogP contribution in [0.2, 0.25) is 0 Å². The van der Waals surface area contributed by atoms with E-state index in [-0.39, 0.29) is 17.5 Å². The molecule has 17 heavy (non-hydrogen) atoms. The summed E-state index contributed by atoms with van der Waals surface area (Å²) < 4.78 is 0. The third-order valence-electron chi connectivity index (χ3n) is 3.21. The Morgan fingerprint density at radius 1 is 1.18 bits per heavy atom. The molecule has 2 rings (SSSR count). The van der Waals surface area contributed by atoms with Crippen molar-refractivity contribution in [2.75, 3.05) is 13.1 Å². The molecule has 1 aliphatic heterocycles. The number of aromatic hydroxyl groups is 2. The lowest BCUT2D eigenvalue weighted by atomic mass is 10.1. The molecule has 0 saturated carbocycles. The van der Waals surface area contributed by atoms with Gasteiger partial charge in [-0.25, -0.2) is 10.4 Å². The van der Waals surface area contributed by atoms with Gasteiger partial charge in [-0.15, -0.1) is 0 Å². The molecule has 1 atom stereocenters. The average molecular weight is 236 g/mol. The minimum Gasteiger partial charge on any atom is -0.508 e. The first-order chi connectivity index (χ1) is 8.16. The van der Waals surface area contributed by atoms with Crippen molar-refractivity contribution in [1.82, 2.24) is 10.4 Å². The van der Waals surface area contributed by atoms with E-state index in [0.29, 0.717) is 0 Å². The predicted octanol–water partition coefficient (Wildman–Crippen LogP) is 2.15.